The first-order valence-electron chi connectivity index (χ1n) is 7.09. The van der Waals surface area contributed by atoms with Crippen molar-refractivity contribution in [2.45, 2.75) is 17.9 Å². The molecular weight excluding hydrogens is 414 g/mol. The number of carbonyl (C=O) groups excluding carboxylic acids is 2. The number of rotatable bonds is 6. The molecule has 2 rings (SSSR count). The summed E-state index contributed by atoms with van der Waals surface area (Å²) in [4.78, 5) is 24.9. The van der Waals surface area contributed by atoms with Gasteiger partial charge in [-0.1, -0.05) is 39.7 Å². The number of hydrogen-bond acceptors (Lipinski definition) is 4. The Hall–Kier alpha value is -1.50. The number of halogens is 2. The van der Waals surface area contributed by atoms with Crippen LogP contribution in [0.25, 0.3) is 0 Å². The van der Waals surface area contributed by atoms with E-state index < -0.39 is 18.0 Å². The fraction of sp³-hybridized carbons (Fsp3) is 0.176. The molecule has 7 heteroatoms. The number of anilines is 1. The maximum Gasteiger partial charge on any atom is 0.317 e. The van der Waals surface area contributed by atoms with Gasteiger partial charge in [-0.2, -0.15) is 0 Å². The van der Waals surface area contributed by atoms with Crippen molar-refractivity contribution in [3.63, 3.8) is 0 Å². The molecule has 2 aromatic carbocycles. The van der Waals surface area contributed by atoms with Crippen LogP contribution in [-0.2, 0) is 14.3 Å². The van der Waals surface area contributed by atoms with E-state index in [0.29, 0.717) is 10.7 Å². The van der Waals surface area contributed by atoms with Crippen molar-refractivity contribution < 1.29 is 14.3 Å². The Morgan fingerprint density at radius 2 is 1.88 bits per heavy atom. The van der Waals surface area contributed by atoms with Crippen LogP contribution in [0.2, 0.25) is 5.02 Å². The molecule has 1 amide bonds. The summed E-state index contributed by atoms with van der Waals surface area (Å²) in [5.74, 6) is -0.749. The highest BCUT2D eigenvalue weighted by Gasteiger charge is 2.18. The van der Waals surface area contributed by atoms with Crippen molar-refractivity contribution >= 4 is 56.9 Å². The molecule has 1 unspecified atom stereocenters. The van der Waals surface area contributed by atoms with Crippen molar-refractivity contribution in [1.82, 2.24) is 0 Å². The third-order valence-corrected chi connectivity index (χ3v) is 4.82. The molecule has 24 heavy (non-hydrogen) atoms. The van der Waals surface area contributed by atoms with Gasteiger partial charge in [0, 0.05) is 9.37 Å². The van der Waals surface area contributed by atoms with Gasteiger partial charge >= 0.3 is 5.97 Å². The van der Waals surface area contributed by atoms with Crippen LogP contribution < -0.4 is 5.32 Å². The largest absolute Gasteiger partial charge is 0.452 e. The van der Waals surface area contributed by atoms with Gasteiger partial charge < -0.3 is 10.1 Å². The Kier molecular flexibility index (Phi) is 7.15. The topological polar surface area (TPSA) is 55.4 Å². The van der Waals surface area contributed by atoms with E-state index >= 15 is 0 Å². The van der Waals surface area contributed by atoms with E-state index in [0.717, 1.165) is 9.37 Å². The third kappa shape index (κ3) is 5.85. The van der Waals surface area contributed by atoms with Gasteiger partial charge in [0.25, 0.3) is 5.91 Å². The molecule has 1 N–H and O–H groups in total. The maximum absolute atomic E-state index is 12.1. The summed E-state index contributed by atoms with van der Waals surface area (Å²) in [6, 6.07) is 14.5. The summed E-state index contributed by atoms with van der Waals surface area (Å²) in [6.07, 6.45) is -0.903. The lowest BCUT2D eigenvalue weighted by atomic mass is 10.3. The summed E-state index contributed by atoms with van der Waals surface area (Å²) < 4.78 is 6.12. The van der Waals surface area contributed by atoms with Crippen molar-refractivity contribution in [2.24, 2.45) is 0 Å². The van der Waals surface area contributed by atoms with Crippen molar-refractivity contribution in [3.8, 4) is 0 Å². The lowest BCUT2D eigenvalue weighted by Crippen LogP contribution is -2.30. The Morgan fingerprint density at radius 1 is 1.21 bits per heavy atom. The fourth-order valence-electron chi connectivity index (χ4n) is 1.75. The summed E-state index contributed by atoms with van der Waals surface area (Å²) in [7, 11) is 0. The number of nitrogens with one attached hydrogen (secondary N) is 1. The van der Waals surface area contributed by atoms with E-state index in [1.807, 2.05) is 24.3 Å². The Morgan fingerprint density at radius 3 is 2.54 bits per heavy atom. The van der Waals surface area contributed by atoms with Crippen LogP contribution in [0.4, 0.5) is 5.69 Å². The average molecular weight is 429 g/mol. The Balaban J connectivity index is 1.81. The third-order valence-electron chi connectivity index (χ3n) is 2.98. The Labute approximate surface area is 158 Å². The molecule has 0 spiro atoms. The van der Waals surface area contributed by atoms with Crippen LogP contribution in [-0.4, -0.2) is 23.7 Å². The zero-order chi connectivity index (χ0) is 17.5. The maximum atomic E-state index is 12.1. The molecule has 0 aliphatic carbocycles. The molecule has 1 atom stereocenters. The predicted molar refractivity (Wildman–Crippen MR) is 101 cm³/mol. The number of thioether (sulfide) groups is 1. The standard InChI is InChI=1S/C17H15BrClNO3S/c1-11(17(22)20-15-5-3-2-4-14(15)19)23-16(21)10-24-13-8-6-12(18)7-9-13/h2-9,11H,10H2,1H3,(H,20,22). The quantitative estimate of drug-likeness (QED) is 0.532. The molecule has 0 heterocycles. The van der Waals surface area contributed by atoms with Gasteiger partial charge in [0.15, 0.2) is 6.10 Å². The van der Waals surface area contributed by atoms with Crippen molar-refractivity contribution in [2.75, 3.05) is 11.1 Å². The van der Waals surface area contributed by atoms with Gasteiger partial charge in [-0.3, -0.25) is 9.59 Å². The molecule has 126 valence electrons. The van der Waals surface area contributed by atoms with Gasteiger partial charge in [-0.05, 0) is 43.3 Å². The summed E-state index contributed by atoms with van der Waals surface area (Å²) >= 11 is 10.7. The number of benzene rings is 2. The van der Waals surface area contributed by atoms with Gasteiger partial charge in [0.2, 0.25) is 0 Å². The first kappa shape index (κ1) is 18.8. The molecule has 2 aromatic rings. The number of esters is 1. The normalized spacial score (nSPS) is 11.6. The molecule has 0 aromatic heterocycles. The second-order valence-electron chi connectivity index (χ2n) is 4.84. The first-order valence-corrected chi connectivity index (χ1v) is 9.24. The molecule has 0 aliphatic rings. The highest BCUT2D eigenvalue weighted by atomic mass is 79.9. The van der Waals surface area contributed by atoms with Gasteiger partial charge in [0.05, 0.1) is 16.5 Å². The molecule has 0 radical (unpaired) electrons. The predicted octanol–water partition coefficient (Wildman–Crippen LogP) is 4.77. The number of ether oxygens (including phenoxy) is 1. The zero-order valence-electron chi connectivity index (χ0n) is 12.8. The van der Waals surface area contributed by atoms with E-state index in [-0.39, 0.29) is 5.75 Å². The van der Waals surface area contributed by atoms with Crippen LogP contribution in [0.15, 0.2) is 57.9 Å². The highest BCUT2D eigenvalue weighted by Crippen LogP contribution is 2.22. The van der Waals surface area contributed by atoms with E-state index in [2.05, 4.69) is 21.2 Å². The first-order chi connectivity index (χ1) is 11.5. The molecule has 0 aliphatic heterocycles. The second-order valence-corrected chi connectivity index (χ2v) is 7.22. The summed E-state index contributed by atoms with van der Waals surface area (Å²) in [6.45, 7) is 1.52. The SMILES string of the molecule is CC(OC(=O)CSc1ccc(Br)cc1)C(=O)Nc1ccccc1Cl. The summed E-state index contributed by atoms with van der Waals surface area (Å²) in [5, 5.41) is 3.06. The van der Waals surface area contributed by atoms with Crippen LogP contribution in [0.3, 0.4) is 0 Å². The molecule has 0 saturated carbocycles. The summed E-state index contributed by atoms with van der Waals surface area (Å²) in [5.41, 5.74) is 0.483. The van der Waals surface area contributed by atoms with Crippen LogP contribution >= 0.6 is 39.3 Å². The average Bonchev–Trinajstić information content (AvgIpc) is 2.56. The van der Waals surface area contributed by atoms with E-state index in [1.165, 1.54) is 18.7 Å². The van der Waals surface area contributed by atoms with Gasteiger partial charge in [0.1, 0.15) is 0 Å². The molecule has 0 fully saturated rings. The minimum absolute atomic E-state index is 0.130. The fourth-order valence-corrected chi connectivity index (χ4v) is 2.88. The van der Waals surface area contributed by atoms with Gasteiger partial charge in [-0.25, -0.2) is 0 Å². The second kappa shape index (κ2) is 9.11. The van der Waals surface area contributed by atoms with E-state index in [1.54, 1.807) is 24.3 Å². The number of hydrogen-bond donors (Lipinski definition) is 1. The number of para-hydroxylation sites is 1. The monoisotopic (exact) mass is 427 g/mol. The lowest BCUT2D eigenvalue weighted by molar-refractivity contribution is -0.150. The minimum Gasteiger partial charge on any atom is -0.452 e. The lowest BCUT2D eigenvalue weighted by Gasteiger charge is -2.14. The minimum atomic E-state index is -0.903. The van der Waals surface area contributed by atoms with Crippen molar-refractivity contribution in [3.05, 3.63) is 58.0 Å². The molecule has 0 bridgehead atoms. The number of carbonyl (C=O) groups is 2. The Bertz CT molecular complexity index is 724. The van der Waals surface area contributed by atoms with Gasteiger partial charge in [-0.15, -0.1) is 11.8 Å². The molecular formula is C17H15BrClNO3S. The van der Waals surface area contributed by atoms with Crippen LogP contribution in [0, 0.1) is 0 Å². The number of amides is 1. The van der Waals surface area contributed by atoms with Crippen LogP contribution in [0.1, 0.15) is 6.92 Å². The van der Waals surface area contributed by atoms with Crippen LogP contribution in [0.5, 0.6) is 0 Å². The highest BCUT2D eigenvalue weighted by molar-refractivity contribution is 9.10. The van der Waals surface area contributed by atoms with Crippen molar-refractivity contribution in [1.29, 1.82) is 0 Å². The molecule has 0 saturated heterocycles. The molecule has 4 nitrogen and oxygen atoms in total. The smallest absolute Gasteiger partial charge is 0.317 e. The van der Waals surface area contributed by atoms with E-state index in [4.69, 9.17) is 16.3 Å². The zero-order valence-corrected chi connectivity index (χ0v) is 16.0. The van der Waals surface area contributed by atoms with E-state index in [9.17, 15) is 9.59 Å².